The Balaban J connectivity index is 2.14. The molecule has 1 aromatic rings. The minimum absolute atomic E-state index is 0.0135. The van der Waals surface area contributed by atoms with Crippen LogP contribution in [0.2, 0.25) is 0 Å². The lowest BCUT2D eigenvalue weighted by molar-refractivity contribution is 0.0283. The van der Waals surface area contributed by atoms with Crippen LogP contribution in [0.3, 0.4) is 0 Å². The van der Waals surface area contributed by atoms with Crippen molar-refractivity contribution in [3.63, 3.8) is 0 Å². The molecule has 1 aliphatic rings. The normalized spacial score (nSPS) is 21.8. The summed E-state index contributed by atoms with van der Waals surface area (Å²) in [6.45, 7) is 6.65. The molecule has 2 unspecified atom stereocenters. The van der Waals surface area contributed by atoms with E-state index in [-0.39, 0.29) is 24.5 Å². The maximum absolute atomic E-state index is 12.2. The zero-order chi connectivity index (χ0) is 16.3. The monoisotopic (exact) mass is 307 g/mol. The SMILES string of the molecule is COc1cccc(C2CN(C(=O)OC(C)(C)C)CC2CO)c1. The standard InChI is InChI=1S/C17H25NO4/c1-17(2,3)22-16(20)18-9-13(11-19)15(10-18)12-6-5-7-14(8-12)21-4/h5-8,13,15,19H,9-11H2,1-4H3. The summed E-state index contributed by atoms with van der Waals surface area (Å²) in [4.78, 5) is 13.9. The Bertz CT molecular complexity index is 524. The van der Waals surface area contributed by atoms with E-state index in [1.54, 1.807) is 12.0 Å². The number of benzene rings is 1. The Morgan fingerprint density at radius 2 is 2.09 bits per heavy atom. The smallest absolute Gasteiger partial charge is 0.410 e. The third kappa shape index (κ3) is 3.91. The van der Waals surface area contributed by atoms with Crippen LogP contribution in [0.5, 0.6) is 5.75 Å². The largest absolute Gasteiger partial charge is 0.497 e. The van der Waals surface area contributed by atoms with E-state index in [0.717, 1.165) is 11.3 Å². The Hall–Kier alpha value is -1.75. The molecule has 0 aliphatic carbocycles. The van der Waals surface area contributed by atoms with Crippen LogP contribution in [-0.2, 0) is 4.74 Å². The molecule has 2 rings (SSSR count). The van der Waals surface area contributed by atoms with Gasteiger partial charge in [-0.2, -0.15) is 0 Å². The molecule has 0 saturated carbocycles. The van der Waals surface area contributed by atoms with Gasteiger partial charge in [0, 0.05) is 31.5 Å². The van der Waals surface area contributed by atoms with Gasteiger partial charge in [-0.25, -0.2) is 4.79 Å². The van der Waals surface area contributed by atoms with E-state index in [4.69, 9.17) is 9.47 Å². The molecular weight excluding hydrogens is 282 g/mol. The first-order valence-corrected chi connectivity index (χ1v) is 7.57. The van der Waals surface area contributed by atoms with Gasteiger partial charge in [0.1, 0.15) is 11.4 Å². The molecule has 1 amide bonds. The lowest BCUT2D eigenvalue weighted by atomic mass is 9.89. The molecular formula is C17H25NO4. The highest BCUT2D eigenvalue weighted by molar-refractivity contribution is 5.68. The van der Waals surface area contributed by atoms with E-state index < -0.39 is 5.60 Å². The summed E-state index contributed by atoms with van der Waals surface area (Å²) in [5, 5.41) is 9.65. The zero-order valence-electron chi connectivity index (χ0n) is 13.7. The van der Waals surface area contributed by atoms with Gasteiger partial charge < -0.3 is 19.5 Å². The highest BCUT2D eigenvalue weighted by Gasteiger charge is 2.37. The first-order chi connectivity index (χ1) is 10.3. The second-order valence-corrected chi connectivity index (χ2v) is 6.71. The van der Waals surface area contributed by atoms with E-state index in [0.29, 0.717) is 13.1 Å². The number of ether oxygens (including phenoxy) is 2. The fraction of sp³-hybridized carbons (Fsp3) is 0.588. The van der Waals surface area contributed by atoms with Crippen LogP contribution in [-0.4, -0.2) is 48.5 Å². The maximum atomic E-state index is 12.2. The third-order valence-corrected chi connectivity index (χ3v) is 3.85. The lowest BCUT2D eigenvalue weighted by Crippen LogP contribution is -2.35. The summed E-state index contributed by atoms with van der Waals surface area (Å²) in [6, 6.07) is 7.79. The van der Waals surface area contributed by atoms with Crippen molar-refractivity contribution < 1.29 is 19.4 Å². The lowest BCUT2D eigenvalue weighted by Gasteiger charge is -2.24. The average Bonchev–Trinajstić information content (AvgIpc) is 2.90. The summed E-state index contributed by atoms with van der Waals surface area (Å²) < 4.78 is 10.7. The van der Waals surface area contributed by atoms with Crippen LogP contribution < -0.4 is 4.74 Å². The highest BCUT2D eigenvalue weighted by atomic mass is 16.6. The third-order valence-electron chi connectivity index (χ3n) is 3.85. The van der Waals surface area contributed by atoms with Crippen LogP contribution in [0.15, 0.2) is 24.3 Å². The van der Waals surface area contributed by atoms with Gasteiger partial charge in [0.25, 0.3) is 0 Å². The molecule has 0 aromatic heterocycles. The predicted octanol–water partition coefficient (Wildman–Crippen LogP) is 2.64. The van der Waals surface area contributed by atoms with Crippen LogP contribution in [0.4, 0.5) is 4.79 Å². The van der Waals surface area contributed by atoms with Crippen molar-refractivity contribution in [3.8, 4) is 5.75 Å². The van der Waals surface area contributed by atoms with Crippen LogP contribution in [0, 0.1) is 5.92 Å². The summed E-state index contributed by atoms with van der Waals surface area (Å²) >= 11 is 0. The molecule has 1 saturated heterocycles. The number of aliphatic hydroxyl groups excluding tert-OH is 1. The number of rotatable bonds is 3. The molecule has 122 valence electrons. The molecule has 5 heteroatoms. The molecule has 1 aromatic carbocycles. The number of hydrogen-bond donors (Lipinski definition) is 1. The molecule has 0 radical (unpaired) electrons. The van der Waals surface area contributed by atoms with Gasteiger partial charge >= 0.3 is 6.09 Å². The number of likely N-dealkylation sites (tertiary alicyclic amines) is 1. The molecule has 22 heavy (non-hydrogen) atoms. The van der Waals surface area contributed by atoms with E-state index in [1.807, 2.05) is 45.0 Å². The fourth-order valence-electron chi connectivity index (χ4n) is 2.78. The van der Waals surface area contributed by atoms with Crippen molar-refractivity contribution in [1.29, 1.82) is 0 Å². The minimum atomic E-state index is -0.514. The van der Waals surface area contributed by atoms with Crippen LogP contribution in [0.25, 0.3) is 0 Å². The number of carbonyl (C=O) groups excluding carboxylic acids is 1. The number of aliphatic hydroxyl groups is 1. The maximum Gasteiger partial charge on any atom is 0.410 e. The number of hydrogen-bond acceptors (Lipinski definition) is 4. The number of nitrogens with zero attached hydrogens (tertiary/aromatic N) is 1. The second-order valence-electron chi connectivity index (χ2n) is 6.71. The van der Waals surface area contributed by atoms with Crippen molar-refractivity contribution >= 4 is 6.09 Å². The summed E-state index contributed by atoms with van der Waals surface area (Å²) in [5.41, 5.74) is 0.560. The Labute approximate surface area is 131 Å². The van der Waals surface area contributed by atoms with Gasteiger partial charge in [0.15, 0.2) is 0 Å². The van der Waals surface area contributed by atoms with Crippen molar-refractivity contribution in [2.45, 2.75) is 32.3 Å². The van der Waals surface area contributed by atoms with Gasteiger partial charge in [0.2, 0.25) is 0 Å². The average molecular weight is 307 g/mol. The Kier molecular flexibility index (Phi) is 4.96. The van der Waals surface area contributed by atoms with Gasteiger partial charge in [-0.15, -0.1) is 0 Å². The van der Waals surface area contributed by atoms with Gasteiger partial charge in [0.05, 0.1) is 7.11 Å². The van der Waals surface area contributed by atoms with Gasteiger partial charge in [-0.3, -0.25) is 0 Å². The molecule has 1 aliphatic heterocycles. The first-order valence-electron chi connectivity index (χ1n) is 7.57. The van der Waals surface area contributed by atoms with Crippen molar-refractivity contribution in [2.75, 3.05) is 26.8 Å². The molecule has 1 N–H and O–H groups in total. The second kappa shape index (κ2) is 6.57. The topological polar surface area (TPSA) is 59.0 Å². The van der Waals surface area contributed by atoms with Crippen molar-refractivity contribution in [2.24, 2.45) is 5.92 Å². The summed E-state index contributed by atoms with van der Waals surface area (Å²) in [6.07, 6.45) is -0.323. The predicted molar refractivity (Wildman–Crippen MR) is 84.1 cm³/mol. The molecule has 1 fully saturated rings. The van der Waals surface area contributed by atoms with Crippen molar-refractivity contribution in [3.05, 3.63) is 29.8 Å². The van der Waals surface area contributed by atoms with Crippen LogP contribution in [0.1, 0.15) is 32.3 Å². The summed E-state index contributed by atoms with van der Waals surface area (Å²) in [7, 11) is 1.63. The number of amides is 1. The van der Waals surface area contributed by atoms with Crippen molar-refractivity contribution in [1.82, 2.24) is 4.90 Å². The van der Waals surface area contributed by atoms with Gasteiger partial charge in [-0.05, 0) is 38.5 Å². The van der Waals surface area contributed by atoms with E-state index in [1.165, 1.54) is 0 Å². The molecule has 0 bridgehead atoms. The molecule has 0 spiro atoms. The van der Waals surface area contributed by atoms with E-state index in [2.05, 4.69) is 0 Å². The number of methoxy groups -OCH3 is 1. The van der Waals surface area contributed by atoms with E-state index >= 15 is 0 Å². The number of carbonyl (C=O) groups is 1. The molecule has 1 heterocycles. The minimum Gasteiger partial charge on any atom is -0.497 e. The summed E-state index contributed by atoms with van der Waals surface area (Å²) in [5.74, 6) is 0.886. The molecule has 5 nitrogen and oxygen atoms in total. The Morgan fingerprint density at radius 3 is 2.68 bits per heavy atom. The molecule has 2 atom stereocenters. The van der Waals surface area contributed by atoms with Gasteiger partial charge in [-0.1, -0.05) is 12.1 Å². The van der Waals surface area contributed by atoms with Crippen LogP contribution >= 0.6 is 0 Å². The quantitative estimate of drug-likeness (QED) is 0.932. The fourth-order valence-corrected chi connectivity index (χ4v) is 2.78. The first kappa shape index (κ1) is 16.6. The zero-order valence-corrected chi connectivity index (χ0v) is 13.7. The Morgan fingerprint density at radius 1 is 1.36 bits per heavy atom. The van der Waals surface area contributed by atoms with E-state index in [9.17, 15) is 9.90 Å². The highest BCUT2D eigenvalue weighted by Crippen LogP contribution is 2.34.